The third-order valence-corrected chi connectivity index (χ3v) is 7.65. The average Bonchev–Trinajstić information content (AvgIpc) is 3.03. The minimum atomic E-state index is -0.291. The summed E-state index contributed by atoms with van der Waals surface area (Å²) >= 11 is 18.7. The highest BCUT2D eigenvalue weighted by Crippen LogP contribution is 2.34. The van der Waals surface area contributed by atoms with Gasteiger partial charge in [0.1, 0.15) is 12.4 Å². The number of amides is 2. The van der Waals surface area contributed by atoms with Crippen LogP contribution in [0.4, 0.5) is 4.79 Å². The van der Waals surface area contributed by atoms with Crippen LogP contribution in [0.1, 0.15) is 16.7 Å². The van der Waals surface area contributed by atoms with E-state index < -0.39 is 0 Å². The number of benzene rings is 3. The van der Waals surface area contributed by atoms with E-state index >= 15 is 0 Å². The van der Waals surface area contributed by atoms with Gasteiger partial charge in [0, 0.05) is 20.1 Å². The van der Waals surface area contributed by atoms with Crippen molar-refractivity contribution >= 4 is 90.7 Å². The average molecular weight is 675 g/mol. The topological polar surface area (TPSA) is 46.6 Å². The van der Waals surface area contributed by atoms with E-state index in [4.69, 9.17) is 27.9 Å². The Morgan fingerprint density at radius 3 is 2.48 bits per heavy atom. The minimum absolute atomic E-state index is 0.243. The first-order chi connectivity index (χ1) is 15.8. The molecular formula is C24H15BrCl2INO3S. The fraction of sp³-hybridized carbons (Fsp3) is 0.0833. The summed E-state index contributed by atoms with van der Waals surface area (Å²) in [6, 6.07) is 18.4. The number of thioether (sulfide) groups is 1. The van der Waals surface area contributed by atoms with Gasteiger partial charge in [-0.25, -0.2) is 0 Å². The summed E-state index contributed by atoms with van der Waals surface area (Å²) < 4.78 is 7.72. The first-order valence-corrected chi connectivity index (χ1v) is 13.1. The van der Waals surface area contributed by atoms with Crippen LogP contribution in [0.5, 0.6) is 5.75 Å². The molecule has 1 fully saturated rings. The SMILES string of the molecule is O=C1S/C(=C\c2ccc(OCc3ccc(Cl)cc3Cl)c(I)c2)C(=O)N1Cc1ccc(Br)cc1. The molecule has 0 spiro atoms. The molecule has 0 radical (unpaired) electrons. The summed E-state index contributed by atoms with van der Waals surface area (Å²) in [5.41, 5.74) is 2.53. The van der Waals surface area contributed by atoms with E-state index in [0.29, 0.717) is 27.3 Å². The molecule has 0 unspecified atom stereocenters. The van der Waals surface area contributed by atoms with Crippen molar-refractivity contribution < 1.29 is 14.3 Å². The maximum atomic E-state index is 12.8. The Kier molecular flexibility index (Phi) is 8.07. The lowest BCUT2D eigenvalue weighted by atomic mass is 10.2. The fourth-order valence-electron chi connectivity index (χ4n) is 3.08. The zero-order valence-electron chi connectivity index (χ0n) is 16.9. The second kappa shape index (κ2) is 10.8. The Hall–Kier alpha value is -1.52. The standard InChI is InChI=1S/C24H15BrCl2INO3S/c25-17-5-1-14(2-6-17)12-29-23(30)22(33-24(29)31)10-15-3-8-21(20(28)9-15)32-13-16-4-7-18(26)11-19(16)27/h1-11H,12-13H2/b22-10-. The molecule has 0 atom stereocenters. The molecule has 3 aromatic rings. The largest absolute Gasteiger partial charge is 0.488 e. The molecule has 0 N–H and O–H groups in total. The molecule has 0 bridgehead atoms. The number of rotatable bonds is 6. The van der Waals surface area contributed by atoms with E-state index in [2.05, 4.69) is 38.5 Å². The van der Waals surface area contributed by atoms with Gasteiger partial charge in [-0.05, 0) is 88.0 Å². The van der Waals surface area contributed by atoms with Crippen molar-refractivity contribution in [2.75, 3.05) is 0 Å². The number of carbonyl (C=O) groups excluding carboxylic acids is 2. The Bertz CT molecular complexity index is 1270. The maximum absolute atomic E-state index is 12.8. The minimum Gasteiger partial charge on any atom is -0.488 e. The van der Waals surface area contributed by atoms with Crippen molar-refractivity contribution in [1.29, 1.82) is 0 Å². The van der Waals surface area contributed by atoms with Gasteiger partial charge in [-0.15, -0.1) is 0 Å². The van der Waals surface area contributed by atoms with Gasteiger partial charge < -0.3 is 4.74 Å². The van der Waals surface area contributed by atoms with E-state index in [9.17, 15) is 9.59 Å². The van der Waals surface area contributed by atoms with Crippen molar-refractivity contribution in [2.45, 2.75) is 13.2 Å². The first kappa shape index (κ1) is 24.6. The van der Waals surface area contributed by atoms with Crippen LogP contribution in [0.2, 0.25) is 10.0 Å². The number of nitrogens with zero attached hydrogens (tertiary/aromatic N) is 1. The summed E-state index contributed by atoms with van der Waals surface area (Å²) in [5, 5.41) is 0.848. The normalized spacial score (nSPS) is 14.9. The highest BCUT2D eigenvalue weighted by molar-refractivity contribution is 14.1. The number of imide groups is 1. The second-order valence-corrected chi connectivity index (χ2v) is 11.0. The molecule has 2 amide bonds. The maximum Gasteiger partial charge on any atom is 0.293 e. The summed E-state index contributed by atoms with van der Waals surface area (Å²) in [6.45, 7) is 0.549. The molecule has 168 valence electrons. The smallest absolute Gasteiger partial charge is 0.293 e. The summed E-state index contributed by atoms with van der Waals surface area (Å²) in [5.74, 6) is 0.405. The highest BCUT2D eigenvalue weighted by Gasteiger charge is 2.35. The molecule has 0 saturated carbocycles. The van der Waals surface area contributed by atoms with Crippen LogP contribution in [0.25, 0.3) is 6.08 Å². The summed E-state index contributed by atoms with van der Waals surface area (Å²) in [4.78, 5) is 26.9. The second-order valence-electron chi connectivity index (χ2n) is 7.11. The molecule has 9 heteroatoms. The fourth-order valence-corrected chi connectivity index (χ4v) is 5.34. The van der Waals surface area contributed by atoms with Crippen LogP contribution in [-0.4, -0.2) is 16.0 Å². The van der Waals surface area contributed by atoms with Crippen LogP contribution in [0.15, 0.2) is 70.0 Å². The zero-order chi connectivity index (χ0) is 23.5. The van der Waals surface area contributed by atoms with Gasteiger partial charge >= 0.3 is 0 Å². The molecule has 1 heterocycles. The van der Waals surface area contributed by atoms with Crippen LogP contribution >= 0.6 is 73.5 Å². The van der Waals surface area contributed by atoms with Crippen LogP contribution in [0, 0.1) is 3.57 Å². The number of hydrogen-bond acceptors (Lipinski definition) is 4. The Labute approximate surface area is 227 Å². The van der Waals surface area contributed by atoms with E-state index in [1.54, 1.807) is 18.2 Å². The molecule has 4 rings (SSSR count). The van der Waals surface area contributed by atoms with Gasteiger partial charge in [-0.2, -0.15) is 0 Å². The molecule has 0 aromatic heterocycles. The van der Waals surface area contributed by atoms with Crippen molar-refractivity contribution in [2.24, 2.45) is 0 Å². The van der Waals surface area contributed by atoms with Gasteiger partial charge in [0.25, 0.3) is 11.1 Å². The molecule has 1 saturated heterocycles. The summed E-state index contributed by atoms with van der Waals surface area (Å²) in [6.07, 6.45) is 1.73. The lowest BCUT2D eigenvalue weighted by Gasteiger charge is -2.12. The molecule has 1 aliphatic heterocycles. The zero-order valence-corrected chi connectivity index (χ0v) is 22.9. The van der Waals surface area contributed by atoms with Crippen molar-refractivity contribution in [3.05, 3.63) is 100 Å². The summed E-state index contributed by atoms with van der Waals surface area (Å²) in [7, 11) is 0. The van der Waals surface area contributed by atoms with Gasteiger partial charge in [-0.3, -0.25) is 14.5 Å². The third kappa shape index (κ3) is 6.14. The van der Waals surface area contributed by atoms with Gasteiger partial charge in [-0.1, -0.05) is 63.4 Å². The van der Waals surface area contributed by atoms with Crippen LogP contribution < -0.4 is 4.74 Å². The first-order valence-electron chi connectivity index (χ1n) is 9.66. The Morgan fingerprint density at radius 2 is 1.79 bits per heavy atom. The molecular weight excluding hydrogens is 660 g/mol. The van der Waals surface area contributed by atoms with E-state index in [0.717, 1.165) is 36.5 Å². The van der Waals surface area contributed by atoms with Gasteiger partial charge in [0.2, 0.25) is 0 Å². The molecule has 4 nitrogen and oxygen atoms in total. The quantitative estimate of drug-likeness (QED) is 0.196. The van der Waals surface area contributed by atoms with E-state index in [-0.39, 0.29) is 17.7 Å². The number of hydrogen-bond donors (Lipinski definition) is 0. The lowest BCUT2D eigenvalue weighted by Crippen LogP contribution is -2.27. The highest BCUT2D eigenvalue weighted by atomic mass is 127. The van der Waals surface area contributed by atoms with Gasteiger partial charge in [0.15, 0.2) is 0 Å². The van der Waals surface area contributed by atoms with Crippen molar-refractivity contribution in [3.63, 3.8) is 0 Å². The van der Waals surface area contributed by atoms with Crippen molar-refractivity contribution in [1.82, 2.24) is 4.90 Å². The molecule has 33 heavy (non-hydrogen) atoms. The predicted octanol–water partition coefficient (Wildman–Crippen LogP) is 8.18. The van der Waals surface area contributed by atoms with E-state index in [1.807, 2.05) is 48.5 Å². The number of ether oxygens (including phenoxy) is 1. The Morgan fingerprint density at radius 1 is 1.03 bits per heavy atom. The molecule has 3 aromatic carbocycles. The van der Waals surface area contributed by atoms with Crippen LogP contribution in [-0.2, 0) is 17.9 Å². The molecule has 0 aliphatic carbocycles. The van der Waals surface area contributed by atoms with Crippen LogP contribution in [0.3, 0.4) is 0 Å². The third-order valence-electron chi connectivity index (χ3n) is 4.78. The number of halogens is 4. The monoisotopic (exact) mass is 673 g/mol. The Balaban J connectivity index is 1.45. The van der Waals surface area contributed by atoms with Gasteiger partial charge in [0.05, 0.1) is 15.0 Å². The van der Waals surface area contributed by atoms with Crippen molar-refractivity contribution in [3.8, 4) is 5.75 Å². The lowest BCUT2D eigenvalue weighted by molar-refractivity contribution is -0.123. The predicted molar refractivity (Wildman–Crippen MR) is 146 cm³/mol. The van der Waals surface area contributed by atoms with E-state index in [1.165, 1.54) is 4.90 Å². The molecule has 1 aliphatic rings. The number of carbonyl (C=O) groups is 2.